The van der Waals surface area contributed by atoms with Crippen LogP contribution in [0.3, 0.4) is 0 Å². The Bertz CT molecular complexity index is 905. The molecular formula is C20H22FN5O. The molecule has 3 aromatic rings. The molecule has 0 atom stereocenters. The third-order valence-electron chi connectivity index (χ3n) is 5.02. The number of nitrogens with zero attached hydrogens (tertiary/aromatic N) is 5. The number of aryl methyl sites for hydroxylation is 1. The molecular weight excluding hydrogens is 345 g/mol. The van der Waals surface area contributed by atoms with Gasteiger partial charge in [-0.05, 0) is 44.1 Å². The molecule has 1 aromatic carbocycles. The first-order chi connectivity index (χ1) is 13.2. The summed E-state index contributed by atoms with van der Waals surface area (Å²) in [4.78, 5) is 11.2. The second kappa shape index (κ2) is 7.84. The predicted octanol–water partition coefficient (Wildman–Crippen LogP) is 3.52. The summed E-state index contributed by atoms with van der Waals surface area (Å²) in [6, 6.07) is 8.41. The molecule has 0 amide bonds. The quantitative estimate of drug-likeness (QED) is 0.691. The highest BCUT2D eigenvalue weighted by Crippen LogP contribution is 2.34. The van der Waals surface area contributed by atoms with Gasteiger partial charge in [-0.1, -0.05) is 12.1 Å². The number of para-hydroxylation sites is 1. The van der Waals surface area contributed by atoms with E-state index < -0.39 is 5.82 Å². The number of aromatic nitrogens is 4. The van der Waals surface area contributed by atoms with Crippen molar-refractivity contribution in [1.82, 2.24) is 24.6 Å². The van der Waals surface area contributed by atoms with E-state index in [1.165, 1.54) is 11.8 Å². The van der Waals surface area contributed by atoms with E-state index in [1.807, 2.05) is 17.9 Å². The lowest BCUT2D eigenvalue weighted by Crippen LogP contribution is -2.33. The van der Waals surface area contributed by atoms with Gasteiger partial charge in [-0.25, -0.2) is 9.37 Å². The molecule has 0 bridgehead atoms. The van der Waals surface area contributed by atoms with Gasteiger partial charge in [0.15, 0.2) is 11.6 Å². The fraction of sp³-hybridized carbons (Fsp3) is 0.350. The van der Waals surface area contributed by atoms with Gasteiger partial charge in [-0.3, -0.25) is 14.6 Å². The van der Waals surface area contributed by atoms with Crippen molar-refractivity contribution >= 4 is 0 Å². The zero-order chi connectivity index (χ0) is 18.6. The van der Waals surface area contributed by atoms with Gasteiger partial charge >= 0.3 is 0 Å². The van der Waals surface area contributed by atoms with Crippen molar-refractivity contribution in [2.75, 3.05) is 13.1 Å². The minimum Gasteiger partial charge on any atom is -0.434 e. The van der Waals surface area contributed by atoms with Crippen molar-refractivity contribution in [3.05, 3.63) is 66.1 Å². The molecule has 0 N–H and O–H groups in total. The van der Waals surface area contributed by atoms with Crippen LogP contribution < -0.4 is 4.74 Å². The molecule has 1 fully saturated rings. The third kappa shape index (κ3) is 3.98. The van der Waals surface area contributed by atoms with E-state index in [1.54, 1.807) is 30.6 Å². The predicted molar refractivity (Wildman–Crippen MR) is 99.0 cm³/mol. The maximum absolute atomic E-state index is 13.9. The summed E-state index contributed by atoms with van der Waals surface area (Å²) in [5.41, 5.74) is 2.01. The first kappa shape index (κ1) is 17.6. The monoisotopic (exact) mass is 367 g/mol. The number of piperidine rings is 1. The Kier molecular flexibility index (Phi) is 5.11. The minimum atomic E-state index is -0.403. The maximum Gasteiger partial charge on any atom is 0.241 e. The van der Waals surface area contributed by atoms with Gasteiger partial charge < -0.3 is 4.74 Å². The SMILES string of the molecule is Cn1nccc1CN1CCC(c2nccnc2Oc2ccccc2F)CC1. The molecule has 0 aliphatic carbocycles. The summed E-state index contributed by atoms with van der Waals surface area (Å²) in [6.45, 7) is 2.82. The van der Waals surface area contributed by atoms with Crippen LogP contribution in [0, 0.1) is 5.82 Å². The molecule has 27 heavy (non-hydrogen) atoms. The lowest BCUT2D eigenvalue weighted by molar-refractivity contribution is 0.197. The van der Waals surface area contributed by atoms with E-state index >= 15 is 0 Å². The van der Waals surface area contributed by atoms with Crippen molar-refractivity contribution in [2.45, 2.75) is 25.3 Å². The van der Waals surface area contributed by atoms with Crippen LogP contribution in [0.1, 0.15) is 30.1 Å². The summed E-state index contributed by atoms with van der Waals surface area (Å²) >= 11 is 0. The molecule has 0 saturated carbocycles. The van der Waals surface area contributed by atoms with Gasteiger partial charge in [0.2, 0.25) is 5.88 Å². The molecule has 140 valence electrons. The number of likely N-dealkylation sites (tertiary alicyclic amines) is 1. The van der Waals surface area contributed by atoms with Crippen molar-refractivity contribution in [3.63, 3.8) is 0 Å². The molecule has 1 saturated heterocycles. The van der Waals surface area contributed by atoms with Crippen molar-refractivity contribution < 1.29 is 9.13 Å². The van der Waals surface area contributed by atoms with E-state index in [-0.39, 0.29) is 11.7 Å². The number of hydrogen-bond acceptors (Lipinski definition) is 5. The van der Waals surface area contributed by atoms with Crippen LogP contribution in [-0.4, -0.2) is 37.7 Å². The molecule has 1 aliphatic heterocycles. The van der Waals surface area contributed by atoms with Crippen LogP contribution in [0.15, 0.2) is 48.9 Å². The van der Waals surface area contributed by atoms with E-state index in [9.17, 15) is 4.39 Å². The van der Waals surface area contributed by atoms with E-state index in [0.717, 1.165) is 38.2 Å². The lowest BCUT2D eigenvalue weighted by atomic mass is 9.93. The summed E-state index contributed by atoms with van der Waals surface area (Å²) in [7, 11) is 1.97. The molecule has 3 heterocycles. The molecule has 7 heteroatoms. The van der Waals surface area contributed by atoms with Crippen molar-refractivity contribution in [3.8, 4) is 11.6 Å². The Morgan fingerprint density at radius 2 is 1.85 bits per heavy atom. The average molecular weight is 367 g/mol. The smallest absolute Gasteiger partial charge is 0.241 e. The highest BCUT2D eigenvalue weighted by Gasteiger charge is 2.26. The Labute approximate surface area is 157 Å². The topological polar surface area (TPSA) is 56.1 Å². The molecule has 0 spiro atoms. The fourth-order valence-electron chi connectivity index (χ4n) is 3.48. The highest BCUT2D eigenvalue weighted by atomic mass is 19.1. The summed E-state index contributed by atoms with van der Waals surface area (Å²) in [5, 5.41) is 4.23. The number of halogens is 1. The number of rotatable bonds is 5. The molecule has 6 nitrogen and oxygen atoms in total. The lowest BCUT2D eigenvalue weighted by Gasteiger charge is -2.31. The third-order valence-corrected chi connectivity index (χ3v) is 5.02. The van der Waals surface area contributed by atoms with Crippen LogP contribution in [0.5, 0.6) is 11.6 Å². The normalized spacial score (nSPS) is 15.8. The first-order valence-corrected chi connectivity index (χ1v) is 9.13. The van der Waals surface area contributed by atoms with E-state index in [4.69, 9.17) is 4.74 Å². The van der Waals surface area contributed by atoms with Crippen molar-refractivity contribution in [2.24, 2.45) is 7.05 Å². The van der Waals surface area contributed by atoms with Crippen LogP contribution in [0.2, 0.25) is 0 Å². The molecule has 1 aliphatic rings. The summed E-state index contributed by atoms with van der Waals surface area (Å²) < 4.78 is 21.6. The Morgan fingerprint density at radius 3 is 2.59 bits per heavy atom. The van der Waals surface area contributed by atoms with Gasteiger partial charge in [0, 0.05) is 38.1 Å². The minimum absolute atomic E-state index is 0.174. The standard InChI is InChI=1S/C20H22FN5O/c1-25-16(6-9-24-25)14-26-12-7-15(8-13-26)19-20(23-11-10-22-19)27-18-5-3-2-4-17(18)21/h2-6,9-11,15H,7-8,12-14H2,1H3. The second-order valence-electron chi connectivity index (χ2n) is 6.78. The Balaban J connectivity index is 1.44. The van der Waals surface area contributed by atoms with Gasteiger partial charge in [0.25, 0.3) is 0 Å². The van der Waals surface area contributed by atoms with E-state index in [2.05, 4.69) is 26.0 Å². The largest absolute Gasteiger partial charge is 0.434 e. The number of benzene rings is 1. The first-order valence-electron chi connectivity index (χ1n) is 9.13. The zero-order valence-electron chi connectivity index (χ0n) is 15.3. The Morgan fingerprint density at radius 1 is 1.07 bits per heavy atom. The molecule has 4 rings (SSSR count). The van der Waals surface area contributed by atoms with Crippen LogP contribution in [0.4, 0.5) is 4.39 Å². The molecule has 2 aromatic heterocycles. The summed E-state index contributed by atoms with van der Waals surface area (Å²) in [6.07, 6.45) is 7.01. The zero-order valence-corrected chi connectivity index (χ0v) is 15.3. The number of hydrogen-bond donors (Lipinski definition) is 0. The highest BCUT2D eigenvalue weighted by molar-refractivity contribution is 5.31. The Hall–Kier alpha value is -2.80. The second-order valence-corrected chi connectivity index (χ2v) is 6.78. The van der Waals surface area contributed by atoms with Crippen LogP contribution >= 0.6 is 0 Å². The van der Waals surface area contributed by atoms with Gasteiger partial charge in [-0.15, -0.1) is 0 Å². The summed E-state index contributed by atoms with van der Waals surface area (Å²) in [5.74, 6) is 0.420. The maximum atomic E-state index is 13.9. The van der Waals surface area contributed by atoms with Gasteiger partial charge in [-0.2, -0.15) is 5.10 Å². The van der Waals surface area contributed by atoms with E-state index in [0.29, 0.717) is 5.88 Å². The molecule has 0 radical (unpaired) electrons. The average Bonchev–Trinajstić information content (AvgIpc) is 3.09. The van der Waals surface area contributed by atoms with Crippen LogP contribution in [-0.2, 0) is 13.6 Å². The van der Waals surface area contributed by atoms with Crippen molar-refractivity contribution in [1.29, 1.82) is 0 Å². The number of ether oxygens (including phenoxy) is 1. The fourth-order valence-corrected chi connectivity index (χ4v) is 3.48. The van der Waals surface area contributed by atoms with Gasteiger partial charge in [0.1, 0.15) is 5.69 Å². The van der Waals surface area contributed by atoms with Crippen LogP contribution in [0.25, 0.3) is 0 Å². The van der Waals surface area contributed by atoms with Gasteiger partial charge in [0.05, 0.1) is 5.69 Å². The molecule has 0 unspecified atom stereocenters.